The molecule has 0 heterocycles. The molecule has 0 aliphatic heterocycles. The molecule has 278 valence electrons. The van der Waals surface area contributed by atoms with Gasteiger partial charge in [-0.25, -0.2) is 9.59 Å². The highest BCUT2D eigenvalue weighted by atomic mass is 19.4. The van der Waals surface area contributed by atoms with Crippen molar-refractivity contribution in [2.45, 2.75) is 84.0 Å². The number of carbonyl (C=O) groups excluding carboxylic acids is 2. The Balaban J connectivity index is 1.84. The average molecular weight is 728 g/mol. The third kappa shape index (κ3) is 15.5. The molecular formula is C35H39F6N3O7. The molecule has 0 aromatic heterocycles. The van der Waals surface area contributed by atoms with Crippen LogP contribution in [0, 0.1) is 0 Å². The number of carboxylic acid groups (broad SMARTS) is 1. The average Bonchev–Trinajstić information content (AvgIpc) is 3.01. The summed E-state index contributed by atoms with van der Waals surface area (Å²) in [5, 5.41) is 12.3. The molecule has 0 bridgehead atoms. The molecule has 1 unspecified atom stereocenters. The number of carbonyl (C=O) groups is 3. The van der Waals surface area contributed by atoms with Crippen molar-refractivity contribution < 1.29 is 60.0 Å². The van der Waals surface area contributed by atoms with Gasteiger partial charge in [0.1, 0.15) is 23.1 Å². The van der Waals surface area contributed by atoms with Gasteiger partial charge in [-0.15, -0.1) is 26.3 Å². The highest BCUT2D eigenvalue weighted by Crippen LogP contribution is 2.26. The molecule has 0 aliphatic rings. The molecule has 16 heteroatoms. The first-order chi connectivity index (χ1) is 23.8. The number of rotatable bonds is 15. The number of nitrogens with zero attached hydrogens (tertiary/aromatic N) is 2. The summed E-state index contributed by atoms with van der Waals surface area (Å²) in [7, 11) is 0. The highest BCUT2D eigenvalue weighted by molar-refractivity contribution is 5.85. The van der Waals surface area contributed by atoms with E-state index in [0.717, 1.165) is 29.8 Å². The smallest absolute Gasteiger partial charge is 0.465 e. The fourth-order valence-corrected chi connectivity index (χ4v) is 4.87. The molecule has 0 saturated carbocycles. The van der Waals surface area contributed by atoms with Crippen LogP contribution in [0.4, 0.5) is 35.9 Å². The summed E-state index contributed by atoms with van der Waals surface area (Å²) in [6.07, 6.45) is -11.2. The maximum atomic E-state index is 14.1. The number of nitrogens with one attached hydrogen (secondary N) is 1. The molecule has 0 saturated heterocycles. The van der Waals surface area contributed by atoms with Gasteiger partial charge < -0.3 is 34.4 Å². The third-order valence-electron chi connectivity index (χ3n) is 7.02. The summed E-state index contributed by atoms with van der Waals surface area (Å²) < 4.78 is 89.4. The molecular weight excluding hydrogens is 688 g/mol. The van der Waals surface area contributed by atoms with Crippen LogP contribution in [0.2, 0.25) is 0 Å². The van der Waals surface area contributed by atoms with E-state index in [-0.39, 0.29) is 39.0 Å². The van der Waals surface area contributed by atoms with E-state index >= 15 is 0 Å². The number of hydrogen-bond donors (Lipinski definition) is 2. The first-order valence-corrected chi connectivity index (χ1v) is 15.8. The molecule has 0 spiro atoms. The number of ether oxygens (including phenoxy) is 3. The minimum atomic E-state index is -4.92. The quantitative estimate of drug-likeness (QED) is 0.120. The van der Waals surface area contributed by atoms with Crippen LogP contribution >= 0.6 is 0 Å². The van der Waals surface area contributed by atoms with E-state index in [2.05, 4.69) is 14.8 Å². The second-order valence-electron chi connectivity index (χ2n) is 12.5. The van der Waals surface area contributed by atoms with E-state index < -0.39 is 54.0 Å². The fourth-order valence-electron chi connectivity index (χ4n) is 4.87. The van der Waals surface area contributed by atoms with E-state index in [9.17, 15) is 45.8 Å². The normalized spacial score (nSPS) is 12.4. The van der Waals surface area contributed by atoms with Crippen molar-refractivity contribution in [3.8, 4) is 11.5 Å². The molecule has 1 atom stereocenters. The summed E-state index contributed by atoms with van der Waals surface area (Å²) >= 11 is 0. The second kappa shape index (κ2) is 17.7. The van der Waals surface area contributed by atoms with Crippen LogP contribution in [0.5, 0.6) is 11.5 Å². The first-order valence-electron chi connectivity index (χ1n) is 15.8. The Morgan fingerprint density at radius 3 is 1.57 bits per heavy atom. The van der Waals surface area contributed by atoms with E-state index in [1.165, 1.54) is 34.1 Å². The number of benzene rings is 3. The summed E-state index contributed by atoms with van der Waals surface area (Å²) in [5.74, 6) is -1.61. The number of amides is 3. The number of alkyl carbamates (subject to hydrolysis) is 1. The Morgan fingerprint density at radius 2 is 1.14 bits per heavy atom. The lowest BCUT2D eigenvalue weighted by atomic mass is 10.1. The van der Waals surface area contributed by atoms with Crippen molar-refractivity contribution >= 4 is 18.1 Å². The molecule has 51 heavy (non-hydrogen) atoms. The van der Waals surface area contributed by atoms with Crippen LogP contribution in [0.1, 0.15) is 56.7 Å². The summed E-state index contributed by atoms with van der Waals surface area (Å²) in [6.45, 7) is 4.79. The predicted octanol–water partition coefficient (Wildman–Crippen LogP) is 8.26. The Bertz CT molecular complexity index is 1500. The van der Waals surface area contributed by atoms with Crippen LogP contribution < -0.4 is 14.8 Å². The van der Waals surface area contributed by atoms with Gasteiger partial charge in [-0.2, -0.15) is 0 Å². The molecule has 0 radical (unpaired) electrons. The van der Waals surface area contributed by atoms with Crippen molar-refractivity contribution in [2.75, 3.05) is 6.54 Å². The Morgan fingerprint density at radius 1 is 0.686 bits per heavy atom. The highest BCUT2D eigenvalue weighted by Gasteiger charge is 2.32. The summed E-state index contributed by atoms with van der Waals surface area (Å²) in [6, 6.07) is 17.3. The summed E-state index contributed by atoms with van der Waals surface area (Å²) in [5.41, 5.74) is 0.621. The van der Waals surface area contributed by atoms with E-state index in [1.807, 2.05) is 6.07 Å². The molecule has 2 N–H and O–H groups in total. The first kappa shape index (κ1) is 40.3. The lowest BCUT2D eigenvalue weighted by molar-refractivity contribution is -0.275. The van der Waals surface area contributed by atoms with Crippen LogP contribution in [-0.4, -0.2) is 63.9 Å². The molecule has 3 aromatic rings. The van der Waals surface area contributed by atoms with Gasteiger partial charge in [0.05, 0.1) is 0 Å². The zero-order chi connectivity index (χ0) is 37.8. The van der Waals surface area contributed by atoms with Crippen molar-refractivity contribution in [2.24, 2.45) is 0 Å². The van der Waals surface area contributed by atoms with E-state index in [4.69, 9.17) is 4.74 Å². The minimum Gasteiger partial charge on any atom is -0.465 e. The monoisotopic (exact) mass is 727 g/mol. The lowest BCUT2D eigenvalue weighted by Crippen LogP contribution is -2.49. The van der Waals surface area contributed by atoms with Crippen LogP contribution in [0.25, 0.3) is 0 Å². The van der Waals surface area contributed by atoms with Gasteiger partial charge in [0, 0.05) is 26.2 Å². The van der Waals surface area contributed by atoms with Crippen molar-refractivity contribution in [1.29, 1.82) is 0 Å². The Kier molecular flexibility index (Phi) is 14.0. The number of alkyl halides is 6. The maximum absolute atomic E-state index is 14.1. The van der Waals surface area contributed by atoms with Gasteiger partial charge in [-0.1, -0.05) is 54.6 Å². The van der Waals surface area contributed by atoms with Gasteiger partial charge in [0.25, 0.3) is 0 Å². The predicted molar refractivity (Wildman–Crippen MR) is 172 cm³/mol. The molecule has 0 fully saturated rings. The Hall–Kier alpha value is -5.15. The van der Waals surface area contributed by atoms with Crippen LogP contribution in [0.3, 0.4) is 0 Å². The van der Waals surface area contributed by atoms with Gasteiger partial charge in [-0.3, -0.25) is 4.79 Å². The van der Waals surface area contributed by atoms with E-state index in [1.54, 1.807) is 45.0 Å². The summed E-state index contributed by atoms with van der Waals surface area (Å²) in [4.78, 5) is 41.4. The molecule has 3 rings (SSSR count). The van der Waals surface area contributed by atoms with Crippen molar-refractivity contribution in [3.63, 3.8) is 0 Å². The van der Waals surface area contributed by atoms with Gasteiger partial charge in [0.15, 0.2) is 0 Å². The molecule has 3 amide bonds. The number of halogens is 6. The molecule has 3 aromatic carbocycles. The van der Waals surface area contributed by atoms with Crippen molar-refractivity contribution in [3.05, 3.63) is 95.6 Å². The van der Waals surface area contributed by atoms with Gasteiger partial charge in [0.2, 0.25) is 5.91 Å². The fraction of sp³-hybridized carbons (Fsp3) is 0.400. The minimum absolute atomic E-state index is 0.0457. The largest absolute Gasteiger partial charge is 0.573 e. The maximum Gasteiger partial charge on any atom is 0.573 e. The van der Waals surface area contributed by atoms with Crippen LogP contribution in [0.15, 0.2) is 78.9 Å². The topological polar surface area (TPSA) is 118 Å². The molecule has 0 aliphatic carbocycles. The van der Waals surface area contributed by atoms with E-state index in [0.29, 0.717) is 17.5 Å². The zero-order valence-corrected chi connectivity index (χ0v) is 28.1. The zero-order valence-electron chi connectivity index (χ0n) is 28.1. The third-order valence-corrected chi connectivity index (χ3v) is 7.02. The second-order valence-corrected chi connectivity index (χ2v) is 12.5. The standard InChI is InChI=1S/C35H39F6N3O7/c1-33(2,3)51-31(46)42-29(11-7-8-20-43(32(47)48)21-24-9-5-4-6-10-24)30(45)44(22-25-12-16-27(17-13-25)49-34(36,37)38)23-26-14-18-28(19-15-26)50-35(39,40)41/h4-6,9-10,12-19,29H,7-8,11,20-23H2,1-3H3,(H,42,46)(H,47,48). The van der Waals surface area contributed by atoms with Gasteiger partial charge in [-0.05, 0) is 81.0 Å². The van der Waals surface area contributed by atoms with Crippen LogP contribution in [-0.2, 0) is 29.2 Å². The van der Waals surface area contributed by atoms with Gasteiger partial charge >= 0.3 is 24.9 Å². The lowest BCUT2D eigenvalue weighted by Gasteiger charge is -2.29. The van der Waals surface area contributed by atoms with Crippen molar-refractivity contribution in [1.82, 2.24) is 15.1 Å². The SMILES string of the molecule is CC(C)(C)OC(=O)NC(CCCCN(Cc1ccccc1)C(=O)O)C(=O)N(Cc1ccc(OC(F)(F)F)cc1)Cc1ccc(OC(F)(F)F)cc1. The number of hydrogen-bond acceptors (Lipinski definition) is 6. The molecule has 10 nitrogen and oxygen atoms in total. The Labute approximate surface area is 290 Å². The number of unbranched alkanes of at least 4 members (excludes halogenated alkanes) is 1.